The van der Waals surface area contributed by atoms with E-state index in [1.165, 1.54) is 23.1 Å². The second-order valence-corrected chi connectivity index (χ2v) is 6.89. The molecule has 0 aromatic heterocycles. The molecule has 1 aliphatic heterocycles. The molecule has 132 valence electrons. The van der Waals surface area contributed by atoms with Crippen LogP contribution in [-0.4, -0.2) is 23.9 Å². The Morgan fingerprint density at radius 1 is 1.04 bits per heavy atom. The van der Waals surface area contributed by atoms with Crippen molar-refractivity contribution in [2.24, 2.45) is 0 Å². The number of rotatable bonds is 7. The van der Waals surface area contributed by atoms with Crippen molar-refractivity contribution in [1.82, 2.24) is 10.2 Å². The summed E-state index contributed by atoms with van der Waals surface area (Å²) in [6.45, 7) is 5.97. The van der Waals surface area contributed by atoms with Gasteiger partial charge >= 0.3 is 0 Å². The topological polar surface area (TPSA) is 32.3 Å². The molecule has 0 atom stereocenters. The molecule has 1 aliphatic rings. The molecule has 2 aromatic rings. The van der Waals surface area contributed by atoms with Gasteiger partial charge in [-0.3, -0.25) is 9.69 Å². The molecule has 1 N–H and O–H groups in total. The average molecular weight is 336 g/mol. The molecule has 0 saturated carbocycles. The molecule has 0 aliphatic carbocycles. The van der Waals surface area contributed by atoms with Crippen LogP contribution in [0.25, 0.3) is 0 Å². The van der Waals surface area contributed by atoms with Crippen LogP contribution in [0.15, 0.2) is 48.5 Å². The number of hydrogen-bond donors (Lipinski definition) is 1. The van der Waals surface area contributed by atoms with E-state index in [0.717, 1.165) is 51.0 Å². The summed E-state index contributed by atoms with van der Waals surface area (Å²) in [7, 11) is 0. The van der Waals surface area contributed by atoms with Crippen LogP contribution >= 0.6 is 0 Å². The monoisotopic (exact) mass is 336 g/mol. The molecule has 3 rings (SSSR count). The molecule has 0 fully saturated rings. The molecule has 0 saturated heterocycles. The number of benzene rings is 2. The third kappa shape index (κ3) is 4.93. The maximum atomic E-state index is 12.1. The molecule has 1 heterocycles. The highest BCUT2D eigenvalue weighted by atomic mass is 16.1. The van der Waals surface area contributed by atoms with Gasteiger partial charge in [0, 0.05) is 31.7 Å². The van der Waals surface area contributed by atoms with Crippen molar-refractivity contribution in [2.45, 2.75) is 45.7 Å². The van der Waals surface area contributed by atoms with Crippen molar-refractivity contribution < 1.29 is 4.79 Å². The summed E-state index contributed by atoms with van der Waals surface area (Å²) in [5, 5.41) is 3.00. The zero-order valence-electron chi connectivity index (χ0n) is 15.1. The van der Waals surface area contributed by atoms with Gasteiger partial charge < -0.3 is 5.32 Å². The van der Waals surface area contributed by atoms with E-state index in [-0.39, 0.29) is 5.91 Å². The molecule has 25 heavy (non-hydrogen) atoms. The lowest BCUT2D eigenvalue weighted by molar-refractivity contribution is 0.0953. The smallest absolute Gasteiger partial charge is 0.251 e. The van der Waals surface area contributed by atoms with Crippen LogP contribution in [0.1, 0.15) is 53.2 Å². The zero-order chi connectivity index (χ0) is 17.5. The first-order valence-electron chi connectivity index (χ1n) is 9.42. The Hall–Kier alpha value is -2.13. The molecule has 3 heteroatoms. The van der Waals surface area contributed by atoms with Crippen molar-refractivity contribution in [3.8, 4) is 0 Å². The fourth-order valence-electron chi connectivity index (χ4n) is 3.39. The second-order valence-electron chi connectivity index (χ2n) is 6.89. The summed E-state index contributed by atoms with van der Waals surface area (Å²) in [5.74, 6) is 0.0366. The highest BCUT2D eigenvalue weighted by molar-refractivity contribution is 5.94. The molecule has 0 bridgehead atoms. The first kappa shape index (κ1) is 17.7. The fraction of sp³-hybridized carbons (Fsp3) is 0.409. The Balaban J connectivity index is 1.52. The standard InChI is InChI=1S/C22H28N2O/c1-2-3-6-14-23-22(25)20-11-9-18(10-12-20)16-24-15-13-19-7-4-5-8-21(19)17-24/h4-5,7-12H,2-3,6,13-17H2,1H3,(H,23,25). The molecular formula is C22H28N2O. The lowest BCUT2D eigenvalue weighted by atomic mass is 9.99. The van der Waals surface area contributed by atoms with E-state index >= 15 is 0 Å². The van der Waals surface area contributed by atoms with Crippen LogP contribution in [-0.2, 0) is 19.5 Å². The van der Waals surface area contributed by atoms with Gasteiger partial charge in [-0.1, -0.05) is 56.2 Å². The molecule has 1 amide bonds. The lowest BCUT2D eigenvalue weighted by Crippen LogP contribution is -2.30. The van der Waals surface area contributed by atoms with Gasteiger partial charge in [-0.2, -0.15) is 0 Å². The van der Waals surface area contributed by atoms with Crippen LogP contribution in [0.4, 0.5) is 0 Å². The zero-order valence-corrected chi connectivity index (χ0v) is 15.1. The number of nitrogens with zero attached hydrogens (tertiary/aromatic N) is 1. The number of amides is 1. The summed E-state index contributed by atoms with van der Waals surface area (Å²) >= 11 is 0. The van der Waals surface area contributed by atoms with E-state index in [1.807, 2.05) is 12.1 Å². The van der Waals surface area contributed by atoms with Crippen molar-refractivity contribution in [1.29, 1.82) is 0 Å². The molecule has 0 radical (unpaired) electrons. The number of fused-ring (bicyclic) bond motifs is 1. The van der Waals surface area contributed by atoms with Crippen molar-refractivity contribution in [3.63, 3.8) is 0 Å². The minimum atomic E-state index is 0.0366. The minimum absolute atomic E-state index is 0.0366. The minimum Gasteiger partial charge on any atom is -0.352 e. The Bertz CT molecular complexity index is 693. The number of nitrogens with one attached hydrogen (secondary N) is 1. The summed E-state index contributed by atoms with van der Waals surface area (Å²) in [4.78, 5) is 14.6. The van der Waals surface area contributed by atoms with Gasteiger partial charge in [-0.25, -0.2) is 0 Å². The number of carbonyl (C=O) groups is 1. The molecule has 2 aromatic carbocycles. The summed E-state index contributed by atoms with van der Waals surface area (Å²) in [6, 6.07) is 16.8. The van der Waals surface area contributed by atoms with Crippen LogP contribution in [0.5, 0.6) is 0 Å². The second kappa shape index (κ2) is 8.82. The Morgan fingerprint density at radius 2 is 1.80 bits per heavy atom. The summed E-state index contributed by atoms with van der Waals surface area (Å²) < 4.78 is 0. The highest BCUT2D eigenvalue weighted by Crippen LogP contribution is 2.20. The van der Waals surface area contributed by atoms with Crippen LogP contribution < -0.4 is 5.32 Å². The third-order valence-corrected chi connectivity index (χ3v) is 4.90. The van der Waals surface area contributed by atoms with Gasteiger partial charge in [0.1, 0.15) is 0 Å². The van der Waals surface area contributed by atoms with E-state index in [1.54, 1.807) is 0 Å². The fourth-order valence-corrected chi connectivity index (χ4v) is 3.39. The van der Waals surface area contributed by atoms with E-state index in [9.17, 15) is 4.79 Å². The van der Waals surface area contributed by atoms with Gasteiger partial charge in [0.25, 0.3) is 5.91 Å². The van der Waals surface area contributed by atoms with E-state index in [2.05, 4.69) is 53.5 Å². The summed E-state index contributed by atoms with van der Waals surface area (Å²) in [5.41, 5.74) is 4.94. The number of unbranched alkanes of at least 4 members (excludes halogenated alkanes) is 2. The largest absolute Gasteiger partial charge is 0.352 e. The van der Waals surface area contributed by atoms with E-state index in [0.29, 0.717) is 0 Å². The Morgan fingerprint density at radius 3 is 2.56 bits per heavy atom. The maximum Gasteiger partial charge on any atom is 0.251 e. The normalized spacial score (nSPS) is 14.1. The van der Waals surface area contributed by atoms with Gasteiger partial charge in [-0.15, -0.1) is 0 Å². The van der Waals surface area contributed by atoms with Gasteiger partial charge in [0.05, 0.1) is 0 Å². The van der Waals surface area contributed by atoms with Crippen LogP contribution in [0.2, 0.25) is 0 Å². The van der Waals surface area contributed by atoms with E-state index in [4.69, 9.17) is 0 Å². The van der Waals surface area contributed by atoms with Gasteiger partial charge in [-0.05, 0) is 41.7 Å². The molecule has 0 spiro atoms. The SMILES string of the molecule is CCCCCNC(=O)c1ccc(CN2CCc3ccccc3C2)cc1. The van der Waals surface area contributed by atoms with E-state index < -0.39 is 0 Å². The van der Waals surface area contributed by atoms with Crippen molar-refractivity contribution in [2.75, 3.05) is 13.1 Å². The predicted molar refractivity (Wildman–Crippen MR) is 103 cm³/mol. The number of carbonyl (C=O) groups excluding carboxylic acids is 1. The molecule has 0 unspecified atom stereocenters. The van der Waals surface area contributed by atoms with Crippen molar-refractivity contribution in [3.05, 3.63) is 70.8 Å². The quantitative estimate of drug-likeness (QED) is 0.770. The van der Waals surface area contributed by atoms with Gasteiger partial charge in [0.2, 0.25) is 0 Å². The predicted octanol–water partition coefficient (Wildman–Crippen LogP) is 4.16. The molecular weight excluding hydrogens is 308 g/mol. The Kier molecular flexibility index (Phi) is 6.24. The molecule has 3 nitrogen and oxygen atoms in total. The third-order valence-electron chi connectivity index (χ3n) is 4.90. The Labute approximate surface area is 151 Å². The summed E-state index contributed by atoms with van der Waals surface area (Å²) in [6.07, 6.45) is 4.51. The van der Waals surface area contributed by atoms with Crippen LogP contribution in [0.3, 0.4) is 0 Å². The van der Waals surface area contributed by atoms with Crippen molar-refractivity contribution >= 4 is 5.91 Å². The first-order chi connectivity index (χ1) is 12.3. The average Bonchev–Trinajstić information content (AvgIpc) is 2.65. The van der Waals surface area contributed by atoms with Crippen LogP contribution in [0, 0.1) is 0 Å². The lowest BCUT2D eigenvalue weighted by Gasteiger charge is -2.28. The first-order valence-corrected chi connectivity index (χ1v) is 9.42. The maximum absolute atomic E-state index is 12.1. The van der Waals surface area contributed by atoms with Gasteiger partial charge in [0.15, 0.2) is 0 Å². The number of hydrogen-bond acceptors (Lipinski definition) is 2. The highest BCUT2D eigenvalue weighted by Gasteiger charge is 2.15.